The van der Waals surface area contributed by atoms with Gasteiger partial charge in [-0.25, -0.2) is 0 Å². The molecule has 0 unspecified atom stereocenters. The van der Waals surface area contributed by atoms with Crippen LogP contribution in [0.25, 0.3) is 0 Å². The first-order chi connectivity index (χ1) is 15.6. The van der Waals surface area contributed by atoms with E-state index < -0.39 is 18.1 Å². The third-order valence-electron chi connectivity index (χ3n) is 5.32. The zero-order chi connectivity index (χ0) is 23.2. The van der Waals surface area contributed by atoms with Gasteiger partial charge < -0.3 is 26.5 Å². The van der Waals surface area contributed by atoms with Gasteiger partial charge in [-0.15, -0.1) is 0 Å². The SMILES string of the molecule is CN[C@@H](Cc1ccccc1)C(=O)N[C@@H](CCCCN)C(=O)N[C@H](C=O)Cc1ccccc1. The van der Waals surface area contributed by atoms with E-state index in [1.807, 2.05) is 60.7 Å². The molecule has 32 heavy (non-hydrogen) atoms. The molecule has 0 fully saturated rings. The molecule has 0 aliphatic rings. The highest BCUT2D eigenvalue weighted by molar-refractivity contribution is 5.91. The largest absolute Gasteiger partial charge is 0.344 e. The molecule has 5 N–H and O–H groups in total. The van der Waals surface area contributed by atoms with Crippen LogP contribution < -0.4 is 21.7 Å². The van der Waals surface area contributed by atoms with Crippen LogP contribution in [0, 0.1) is 0 Å². The first-order valence-corrected chi connectivity index (χ1v) is 11.1. The van der Waals surface area contributed by atoms with E-state index in [0.717, 1.165) is 23.8 Å². The van der Waals surface area contributed by atoms with Crippen molar-refractivity contribution in [1.82, 2.24) is 16.0 Å². The third-order valence-corrected chi connectivity index (χ3v) is 5.32. The van der Waals surface area contributed by atoms with Crippen molar-refractivity contribution in [3.8, 4) is 0 Å². The Morgan fingerprint density at radius 1 is 0.844 bits per heavy atom. The highest BCUT2D eigenvalue weighted by atomic mass is 16.2. The van der Waals surface area contributed by atoms with Crippen LogP contribution >= 0.6 is 0 Å². The van der Waals surface area contributed by atoms with E-state index in [4.69, 9.17) is 5.73 Å². The highest BCUT2D eigenvalue weighted by Gasteiger charge is 2.26. The first-order valence-electron chi connectivity index (χ1n) is 11.1. The molecule has 0 spiro atoms. The molecule has 172 valence electrons. The molecule has 0 aliphatic carbocycles. The number of hydrogen-bond donors (Lipinski definition) is 4. The summed E-state index contributed by atoms with van der Waals surface area (Å²) in [6, 6.07) is 17.3. The minimum atomic E-state index is -0.737. The smallest absolute Gasteiger partial charge is 0.243 e. The summed E-state index contributed by atoms with van der Waals surface area (Å²) in [4.78, 5) is 37.5. The number of likely N-dealkylation sites (N-methyl/N-ethyl adjacent to an activating group) is 1. The van der Waals surface area contributed by atoms with Crippen LogP contribution in [0.4, 0.5) is 0 Å². The Morgan fingerprint density at radius 2 is 1.41 bits per heavy atom. The molecular weight excluding hydrogens is 404 g/mol. The van der Waals surface area contributed by atoms with Crippen LogP contribution in [-0.4, -0.2) is 49.8 Å². The summed E-state index contributed by atoms with van der Waals surface area (Å²) in [5, 5.41) is 8.68. The fourth-order valence-corrected chi connectivity index (χ4v) is 3.49. The van der Waals surface area contributed by atoms with Crippen LogP contribution in [0.1, 0.15) is 30.4 Å². The van der Waals surface area contributed by atoms with Gasteiger partial charge in [0.05, 0.1) is 12.1 Å². The molecule has 3 atom stereocenters. The van der Waals surface area contributed by atoms with Crippen LogP contribution in [-0.2, 0) is 27.2 Å². The van der Waals surface area contributed by atoms with E-state index in [1.165, 1.54) is 0 Å². The van der Waals surface area contributed by atoms with Crippen molar-refractivity contribution >= 4 is 18.1 Å². The number of aldehydes is 1. The van der Waals surface area contributed by atoms with Crippen LogP contribution in [0.2, 0.25) is 0 Å². The average molecular weight is 439 g/mol. The predicted octanol–water partition coefficient (Wildman–Crippen LogP) is 1.36. The number of unbranched alkanes of at least 4 members (excludes halogenated alkanes) is 1. The molecule has 7 nitrogen and oxygen atoms in total. The maximum Gasteiger partial charge on any atom is 0.243 e. The summed E-state index contributed by atoms with van der Waals surface area (Å²) in [5.74, 6) is -0.618. The van der Waals surface area contributed by atoms with Crippen molar-refractivity contribution in [2.75, 3.05) is 13.6 Å². The molecule has 0 radical (unpaired) electrons. The van der Waals surface area contributed by atoms with E-state index >= 15 is 0 Å². The normalized spacial score (nSPS) is 13.6. The maximum atomic E-state index is 13.0. The van der Waals surface area contributed by atoms with Gasteiger partial charge >= 0.3 is 0 Å². The van der Waals surface area contributed by atoms with Crippen molar-refractivity contribution in [2.45, 2.75) is 50.2 Å². The molecule has 2 rings (SSSR count). The van der Waals surface area contributed by atoms with Crippen LogP contribution in [0.3, 0.4) is 0 Å². The zero-order valence-corrected chi connectivity index (χ0v) is 18.6. The van der Waals surface area contributed by atoms with E-state index in [2.05, 4.69) is 16.0 Å². The number of nitrogens with two attached hydrogens (primary N) is 1. The van der Waals surface area contributed by atoms with Gasteiger partial charge in [0, 0.05) is 0 Å². The monoisotopic (exact) mass is 438 g/mol. The molecule has 0 heterocycles. The Morgan fingerprint density at radius 3 is 1.94 bits per heavy atom. The highest BCUT2D eigenvalue weighted by Crippen LogP contribution is 2.07. The molecule has 0 saturated carbocycles. The van der Waals surface area contributed by atoms with Crippen molar-refractivity contribution in [2.24, 2.45) is 5.73 Å². The van der Waals surface area contributed by atoms with Gasteiger partial charge in [-0.05, 0) is 56.8 Å². The zero-order valence-electron chi connectivity index (χ0n) is 18.6. The minimum absolute atomic E-state index is 0.255. The van der Waals surface area contributed by atoms with E-state index in [-0.39, 0.29) is 11.8 Å². The van der Waals surface area contributed by atoms with Gasteiger partial charge in [-0.2, -0.15) is 0 Å². The van der Waals surface area contributed by atoms with Gasteiger partial charge in [-0.1, -0.05) is 60.7 Å². The fraction of sp³-hybridized carbons (Fsp3) is 0.400. The van der Waals surface area contributed by atoms with Crippen LogP contribution in [0.5, 0.6) is 0 Å². The molecule has 2 aromatic carbocycles. The van der Waals surface area contributed by atoms with Crippen LogP contribution in [0.15, 0.2) is 60.7 Å². The van der Waals surface area contributed by atoms with Gasteiger partial charge in [0.25, 0.3) is 0 Å². The van der Waals surface area contributed by atoms with Crippen molar-refractivity contribution in [1.29, 1.82) is 0 Å². The summed E-state index contributed by atoms with van der Waals surface area (Å²) in [6.07, 6.45) is 3.53. The Kier molecular flexibility index (Phi) is 11.1. The van der Waals surface area contributed by atoms with E-state index in [0.29, 0.717) is 32.2 Å². The summed E-state index contributed by atoms with van der Waals surface area (Å²) in [7, 11) is 1.72. The maximum absolute atomic E-state index is 13.0. The standard InChI is InChI=1S/C25H34N4O3/c1-27-23(17-20-12-6-3-7-13-20)25(32)29-22(14-8-9-15-26)24(31)28-21(18-30)16-19-10-4-2-5-11-19/h2-7,10-13,18,21-23,27H,8-9,14-17,26H2,1H3,(H,28,31)(H,29,32)/t21-,22-,23-/m0/s1. The lowest BCUT2D eigenvalue weighted by atomic mass is 10.0. The van der Waals surface area contributed by atoms with Gasteiger partial charge in [0.15, 0.2) is 0 Å². The number of carbonyl (C=O) groups excluding carboxylic acids is 3. The Labute approximate surface area is 190 Å². The van der Waals surface area contributed by atoms with Gasteiger partial charge in [0.2, 0.25) is 11.8 Å². The number of nitrogens with one attached hydrogen (secondary N) is 3. The quantitative estimate of drug-likeness (QED) is 0.263. The molecule has 0 aliphatic heterocycles. The number of amides is 2. The molecule has 0 saturated heterocycles. The Bertz CT molecular complexity index is 830. The summed E-state index contributed by atoms with van der Waals surface area (Å²) in [6.45, 7) is 0.514. The summed E-state index contributed by atoms with van der Waals surface area (Å²) >= 11 is 0. The second kappa shape index (κ2) is 14.1. The molecule has 0 aromatic heterocycles. The summed E-state index contributed by atoms with van der Waals surface area (Å²) in [5.41, 5.74) is 7.57. The van der Waals surface area contributed by atoms with E-state index in [9.17, 15) is 14.4 Å². The minimum Gasteiger partial charge on any atom is -0.344 e. The molecular formula is C25H34N4O3. The van der Waals surface area contributed by atoms with Gasteiger partial charge in [-0.3, -0.25) is 9.59 Å². The van der Waals surface area contributed by atoms with Crippen molar-refractivity contribution < 1.29 is 14.4 Å². The average Bonchev–Trinajstić information content (AvgIpc) is 2.82. The number of benzene rings is 2. The predicted molar refractivity (Wildman–Crippen MR) is 126 cm³/mol. The Hall–Kier alpha value is -3.03. The second-order valence-electron chi connectivity index (χ2n) is 7.82. The fourth-order valence-electron chi connectivity index (χ4n) is 3.49. The number of hydrogen-bond acceptors (Lipinski definition) is 5. The number of carbonyl (C=O) groups is 3. The lowest BCUT2D eigenvalue weighted by Gasteiger charge is -2.24. The van der Waals surface area contributed by atoms with Crippen molar-refractivity contribution in [3.63, 3.8) is 0 Å². The molecule has 7 heteroatoms. The molecule has 2 amide bonds. The lowest BCUT2D eigenvalue weighted by Crippen LogP contribution is -2.54. The topological polar surface area (TPSA) is 113 Å². The van der Waals surface area contributed by atoms with Crippen molar-refractivity contribution in [3.05, 3.63) is 71.8 Å². The lowest BCUT2D eigenvalue weighted by molar-refractivity contribution is -0.131. The Balaban J connectivity index is 2.03. The number of rotatable bonds is 14. The molecule has 0 bridgehead atoms. The van der Waals surface area contributed by atoms with E-state index in [1.54, 1.807) is 7.05 Å². The first kappa shape index (κ1) is 25.2. The third kappa shape index (κ3) is 8.61. The van der Waals surface area contributed by atoms with Gasteiger partial charge in [0.1, 0.15) is 12.3 Å². The summed E-state index contributed by atoms with van der Waals surface area (Å²) < 4.78 is 0. The molecule has 2 aromatic rings. The second-order valence-corrected chi connectivity index (χ2v) is 7.82.